The summed E-state index contributed by atoms with van der Waals surface area (Å²) in [4.78, 5) is 39.2. The predicted molar refractivity (Wildman–Crippen MR) is 206 cm³/mol. The van der Waals surface area contributed by atoms with Crippen LogP contribution in [0, 0.1) is 23.7 Å². The van der Waals surface area contributed by atoms with Gasteiger partial charge in [-0.1, -0.05) is 27.7 Å². The molecule has 18 atom stereocenters. The second-order valence-electron chi connectivity index (χ2n) is 17.1. The van der Waals surface area contributed by atoms with Crippen molar-refractivity contribution in [3.8, 4) is 0 Å². The van der Waals surface area contributed by atoms with Crippen molar-refractivity contribution in [2.24, 2.45) is 29.5 Å². The average molecular weight is 824 g/mol. The van der Waals surface area contributed by atoms with E-state index in [2.05, 4.69) is 5.84 Å². The summed E-state index contributed by atoms with van der Waals surface area (Å²) >= 11 is 0. The number of hydrogen-bond donors (Lipinski definition) is 7. The number of methoxy groups -OCH3 is 2. The van der Waals surface area contributed by atoms with Crippen LogP contribution < -0.4 is 11.3 Å². The van der Waals surface area contributed by atoms with Crippen LogP contribution in [0.15, 0.2) is 0 Å². The molecule has 0 radical (unpaired) electrons. The summed E-state index contributed by atoms with van der Waals surface area (Å²) in [5.41, 5.74) is -2.80. The number of carbonyl (C=O) groups is 3. The van der Waals surface area contributed by atoms with Crippen molar-refractivity contribution in [2.45, 2.75) is 179 Å². The smallest absolute Gasteiger partial charge is 0.418 e. The lowest BCUT2D eigenvalue weighted by Crippen LogP contribution is -2.61. The van der Waals surface area contributed by atoms with Gasteiger partial charge in [0.05, 0.1) is 47.6 Å². The van der Waals surface area contributed by atoms with Crippen LogP contribution in [0.4, 0.5) is 4.79 Å². The molecule has 3 rings (SSSR count). The number of nitrogens with one attached hydrogen (secondary N) is 1. The third kappa shape index (κ3) is 12.0. The van der Waals surface area contributed by atoms with E-state index in [1.165, 1.54) is 26.6 Å². The third-order valence-electron chi connectivity index (χ3n) is 12.4. The molecule has 8 N–H and O–H groups in total. The second-order valence-corrected chi connectivity index (χ2v) is 17.1. The van der Waals surface area contributed by atoms with E-state index < -0.39 is 108 Å². The summed E-state index contributed by atoms with van der Waals surface area (Å²) in [5, 5.41) is 53.0. The lowest BCUT2D eigenvalue weighted by Gasteiger charge is -2.50. The molecule has 1 amide bonds. The van der Waals surface area contributed by atoms with E-state index in [4.69, 9.17) is 43.1 Å². The summed E-state index contributed by atoms with van der Waals surface area (Å²) in [7, 11) is 6.77. The van der Waals surface area contributed by atoms with Crippen molar-refractivity contribution in [1.29, 1.82) is 0 Å². The number of Topliss-reactive ketones (excluding diaryl/α,β-unsaturated/α-hetero) is 1. The first-order chi connectivity index (χ1) is 26.3. The largest absolute Gasteiger partial charge is 0.464 e. The number of nitrogens with zero attached hydrogens (tertiary/aromatic N) is 1. The Bertz CT molecular complexity index is 1310. The maximum Gasteiger partial charge on any atom is 0.418 e. The van der Waals surface area contributed by atoms with Gasteiger partial charge in [-0.3, -0.25) is 15.0 Å². The highest BCUT2D eigenvalue weighted by Gasteiger charge is 2.54. The molecule has 18 nitrogen and oxygen atoms in total. The van der Waals surface area contributed by atoms with Crippen LogP contribution >= 0.6 is 0 Å². The van der Waals surface area contributed by atoms with Gasteiger partial charge in [0.2, 0.25) is 0 Å². The van der Waals surface area contributed by atoms with Crippen molar-refractivity contribution in [2.75, 3.05) is 28.3 Å². The van der Waals surface area contributed by atoms with Gasteiger partial charge in [-0.05, 0) is 74.9 Å². The topological polar surface area (TPSA) is 258 Å². The Labute approximate surface area is 337 Å². The maximum absolute atomic E-state index is 14.2. The van der Waals surface area contributed by atoms with E-state index in [9.17, 15) is 30.0 Å². The van der Waals surface area contributed by atoms with Gasteiger partial charge in [0, 0.05) is 44.4 Å². The predicted octanol–water partition coefficient (Wildman–Crippen LogP) is 1.57. The van der Waals surface area contributed by atoms with Gasteiger partial charge in [0.1, 0.15) is 29.7 Å². The van der Waals surface area contributed by atoms with Crippen molar-refractivity contribution in [1.82, 2.24) is 10.3 Å². The molecule has 0 spiro atoms. The molecule has 57 heavy (non-hydrogen) atoms. The first-order valence-corrected chi connectivity index (χ1v) is 19.8. The molecule has 0 bridgehead atoms. The number of hydrazine groups is 1. The maximum atomic E-state index is 14.2. The van der Waals surface area contributed by atoms with Crippen molar-refractivity contribution >= 4 is 17.8 Å². The molecule has 3 saturated heterocycles. The number of ether oxygens (including phenoxy) is 7. The van der Waals surface area contributed by atoms with Crippen molar-refractivity contribution in [3.05, 3.63) is 0 Å². The Morgan fingerprint density at radius 2 is 1.47 bits per heavy atom. The minimum Gasteiger partial charge on any atom is -0.464 e. The van der Waals surface area contributed by atoms with Gasteiger partial charge in [-0.15, -0.1) is 0 Å². The van der Waals surface area contributed by atoms with Gasteiger partial charge < -0.3 is 63.6 Å². The quantitative estimate of drug-likeness (QED) is 0.0793. The van der Waals surface area contributed by atoms with Crippen molar-refractivity contribution in [3.63, 3.8) is 0 Å². The molecule has 18 heteroatoms. The Hall–Kier alpha value is -2.07. The number of aliphatic hydroxyl groups is 4. The number of likely N-dealkylation sites (N-methyl/N-ethyl adjacent to an activating group) is 1. The zero-order chi connectivity index (χ0) is 44.0. The SMILES string of the molecule is CC[C@H]1OC(=O)[C@H](C)[C@@H](O[C@H]2C[C@@](C)(OC)[C@@H](O)[C@H](C)O2)C(C)[C@@H](O[C@@H]2O[C@H](C)C[C@H](N(C)C)[C@H]2O)[C@](C)(OC)C[C@@H](C)C(=O)[C@H](C)[C@@H](O)[C@]1(C)O.NNC(=O)O. The van der Waals surface area contributed by atoms with E-state index >= 15 is 0 Å². The number of hydrogen-bond acceptors (Lipinski definition) is 16. The molecule has 0 aromatic heterocycles. The number of ketones is 1. The van der Waals surface area contributed by atoms with E-state index in [0.29, 0.717) is 6.42 Å². The van der Waals surface area contributed by atoms with Crippen LogP contribution in [0.2, 0.25) is 0 Å². The van der Waals surface area contributed by atoms with Crippen LogP contribution in [0.3, 0.4) is 0 Å². The lowest BCUT2D eigenvalue weighted by molar-refractivity contribution is -0.319. The molecule has 3 aliphatic heterocycles. The molecule has 0 aromatic rings. The average Bonchev–Trinajstić information content (AvgIpc) is 3.15. The summed E-state index contributed by atoms with van der Waals surface area (Å²) in [6.45, 7) is 17.1. The highest BCUT2D eigenvalue weighted by molar-refractivity contribution is 5.83. The Balaban J connectivity index is 0.00000210. The van der Waals surface area contributed by atoms with Crippen LogP contribution in [0.5, 0.6) is 0 Å². The molecule has 1 unspecified atom stereocenters. The van der Waals surface area contributed by atoms with Crippen LogP contribution in [0.25, 0.3) is 0 Å². The number of aliphatic hydroxyl groups excluding tert-OH is 3. The zero-order valence-electron chi connectivity index (χ0n) is 36.3. The van der Waals surface area contributed by atoms with Gasteiger partial charge in [-0.25, -0.2) is 10.6 Å². The summed E-state index contributed by atoms with van der Waals surface area (Å²) in [6.07, 6.45) is -9.95. The molecule has 334 valence electrons. The molecule has 0 saturated carbocycles. The van der Waals surface area contributed by atoms with Gasteiger partial charge in [-0.2, -0.15) is 0 Å². The fourth-order valence-corrected chi connectivity index (χ4v) is 8.58. The minimum absolute atomic E-state index is 0.111. The number of carboxylic acid groups (broad SMARTS) is 1. The normalized spacial score (nSPS) is 45.3. The number of carbonyl (C=O) groups excluding carboxylic acids is 2. The number of nitrogens with two attached hydrogens (primary N) is 1. The molecular weight excluding hydrogens is 750 g/mol. The van der Waals surface area contributed by atoms with Crippen molar-refractivity contribution < 1.29 is 73.1 Å². The Kier molecular flexibility index (Phi) is 18.8. The van der Waals surface area contributed by atoms with Gasteiger partial charge >= 0.3 is 12.1 Å². The summed E-state index contributed by atoms with van der Waals surface area (Å²) in [6, 6.07) is -0.283. The first-order valence-electron chi connectivity index (χ1n) is 19.8. The highest BCUT2D eigenvalue weighted by Crippen LogP contribution is 2.41. The molecule has 3 fully saturated rings. The molecule has 3 aliphatic rings. The van der Waals surface area contributed by atoms with Crippen LogP contribution in [-0.4, -0.2) is 161 Å². The number of rotatable bonds is 8. The third-order valence-corrected chi connectivity index (χ3v) is 12.4. The molecule has 0 aromatic carbocycles. The van der Waals surface area contributed by atoms with E-state index in [0.717, 1.165) is 0 Å². The summed E-state index contributed by atoms with van der Waals surface area (Å²) in [5.74, 6) is -0.148. The van der Waals surface area contributed by atoms with Crippen LogP contribution in [-0.2, 0) is 42.7 Å². The fraction of sp³-hybridized carbons (Fsp3) is 0.923. The van der Waals surface area contributed by atoms with Crippen LogP contribution in [0.1, 0.15) is 94.9 Å². The summed E-state index contributed by atoms with van der Waals surface area (Å²) < 4.78 is 43.9. The molecular formula is C39H73N3O15. The Morgan fingerprint density at radius 3 is 1.96 bits per heavy atom. The number of cyclic esters (lactones) is 1. The zero-order valence-corrected chi connectivity index (χ0v) is 36.3. The van der Waals surface area contributed by atoms with E-state index in [1.807, 2.05) is 32.8 Å². The lowest BCUT2D eigenvalue weighted by atomic mass is 9.74. The minimum atomic E-state index is -1.96. The monoisotopic (exact) mass is 824 g/mol. The second kappa shape index (κ2) is 20.9. The Morgan fingerprint density at radius 1 is 0.912 bits per heavy atom. The van der Waals surface area contributed by atoms with E-state index in [1.54, 1.807) is 48.5 Å². The number of amides is 1. The standard InChI is InChI=1S/C38H69NO13.CH4N2O2/c1-15-26-38(10,45)31(42)21(4)28(40)19(2)17-37(9,47-14)33(52-35-29(41)25(39(11)12)16-20(3)48-35)22(5)30(23(6)34(44)50-26)51-27-18-36(8,46-13)32(43)24(7)49-27;2-3-1(4)5/h19-27,29-33,35,41-43,45H,15-18H2,1-14H3;3H,2H2,(H,4,5)/t19-,20-,21+,22?,23-,24+,25+,26-,27+,29-,30+,31-,32+,33-,35+,36-,37-,38-;/m1./s1. The van der Waals surface area contributed by atoms with Gasteiger partial charge in [0.25, 0.3) is 0 Å². The van der Waals surface area contributed by atoms with E-state index in [-0.39, 0.29) is 37.2 Å². The molecule has 0 aliphatic carbocycles. The fourth-order valence-electron chi connectivity index (χ4n) is 8.58. The molecule has 3 heterocycles. The highest BCUT2D eigenvalue weighted by atomic mass is 16.7. The first kappa shape index (κ1) is 51.1. The van der Waals surface area contributed by atoms with Gasteiger partial charge in [0.15, 0.2) is 12.6 Å². The number of esters is 1.